The number of pyridine rings is 1. The maximum atomic E-state index is 12.6. The van der Waals surface area contributed by atoms with Crippen LogP contribution in [-0.2, 0) is 27.1 Å². The maximum Gasteiger partial charge on any atom is 0.149 e. The van der Waals surface area contributed by atoms with Gasteiger partial charge in [0.15, 0.2) is 0 Å². The Morgan fingerprint density at radius 2 is 1.09 bits per heavy atom. The van der Waals surface area contributed by atoms with Crippen molar-refractivity contribution in [1.82, 2.24) is 14.5 Å². The van der Waals surface area contributed by atoms with Crippen molar-refractivity contribution in [3.05, 3.63) is 166 Å². The highest BCUT2D eigenvalue weighted by atomic mass is 16.3. The summed E-state index contributed by atoms with van der Waals surface area (Å²) < 4.78 is 88.4. The molecule has 0 bridgehead atoms. The van der Waals surface area contributed by atoms with Gasteiger partial charge in [0.1, 0.15) is 11.6 Å². The van der Waals surface area contributed by atoms with E-state index in [1.165, 1.54) is 6.20 Å². The highest BCUT2D eigenvalue weighted by Gasteiger charge is 2.30. The Morgan fingerprint density at radius 3 is 1.69 bits per heavy atom. The van der Waals surface area contributed by atoms with Crippen molar-refractivity contribution in [3.63, 3.8) is 0 Å². The number of aryl methyl sites for hydroxylation is 1. The highest BCUT2D eigenvalue weighted by Crippen LogP contribution is 2.46. The van der Waals surface area contributed by atoms with E-state index in [1.54, 1.807) is 18.2 Å². The van der Waals surface area contributed by atoms with Crippen LogP contribution in [0.3, 0.4) is 0 Å². The van der Waals surface area contributed by atoms with Gasteiger partial charge in [0.25, 0.3) is 0 Å². The van der Waals surface area contributed by atoms with Crippen LogP contribution in [0.4, 0.5) is 0 Å². The molecule has 68 heavy (non-hydrogen) atoms. The SMILES string of the molecule is [2H]c1c([2H])c(C([2H])([2H])[2H])c([2H])c([2H])c1-c1ccnc(-c2cc(-c3cccc4c3nc(-c3cc(C(C)(C)C)cc(C(C)(C)C)c3O)n4-c3ccc(-c4cc(C(C)(C)C)cc(C(C)(C)C)c4)cc3C([2H])([2H])[2H])cc(C(C)(C)C)c2)c1. The Labute approximate surface area is 421 Å². The lowest BCUT2D eigenvalue weighted by molar-refractivity contribution is 0.446. The van der Waals surface area contributed by atoms with Gasteiger partial charge in [-0.15, -0.1) is 0 Å². The number of aromatic hydroxyl groups is 1. The van der Waals surface area contributed by atoms with Crippen LogP contribution in [0.15, 0.2) is 127 Å². The van der Waals surface area contributed by atoms with Crippen molar-refractivity contribution in [3.8, 4) is 67.5 Å². The number of fused-ring (bicyclic) bond motifs is 1. The van der Waals surface area contributed by atoms with E-state index in [0.29, 0.717) is 44.9 Å². The van der Waals surface area contributed by atoms with Crippen molar-refractivity contribution in [2.24, 2.45) is 0 Å². The molecule has 0 fully saturated rings. The van der Waals surface area contributed by atoms with Crippen LogP contribution >= 0.6 is 0 Å². The Kier molecular flexibility index (Phi) is 9.21. The number of nitrogens with zero attached hydrogens (tertiary/aromatic N) is 3. The van der Waals surface area contributed by atoms with Gasteiger partial charge in [0.05, 0.1) is 33.5 Å². The number of hydrogen-bond acceptors (Lipinski definition) is 3. The van der Waals surface area contributed by atoms with Crippen LogP contribution in [0.2, 0.25) is 0 Å². The molecule has 0 amide bonds. The van der Waals surface area contributed by atoms with E-state index >= 15 is 0 Å². The fraction of sp³-hybridized carbons (Fsp3) is 0.344. The maximum absolute atomic E-state index is 12.6. The van der Waals surface area contributed by atoms with Crippen LogP contribution in [0, 0.1) is 13.7 Å². The largest absolute Gasteiger partial charge is 0.507 e. The van der Waals surface area contributed by atoms with Gasteiger partial charge >= 0.3 is 0 Å². The third kappa shape index (κ3) is 9.57. The molecule has 0 aliphatic heterocycles. The van der Waals surface area contributed by atoms with E-state index in [2.05, 4.69) is 134 Å². The molecule has 1 N–H and O–H groups in total. The second kappa shape index (κ2) is 17.1. The van der Waals surface area contributed by atoms with Crippen molar-refractivity contribution in [2.45, 2.75) is 145 Å². The summed E-state index contributed by atoms with van der Waals surface area (Å²) >= 11 is 0. The minimum atomic E-state index is -2.85. The lowest BCUT2D eigenvalue weighted by atomic mass is 9.78. The predicted molar refractivity (Wildman–Crippen MR) is 291 cm³/mol. The zero-order valence-corrected chi connectivity index (χ0v) is 42.6. The van der Waals surface area contributed by atoms with Crippen LogP contribution in [0.25, 0.3) is 72.7 Å². The van der Waals surface area contributed by atoms with Gasteiger partial charge in [-0.3, -0.25) is 9.55 Å². The van der Waals surface area contributed by atoms with Crippen molar-refractivity contribution >= 4 is 11.0 Å². The quantitative estimate of drug-likeness (QED) is 0.181. The standard InChI is InChI=1S/C64H73N3O/c1-39-21-23-41(24-22-39)43-27-28-65-54(35-43)46-30-45(33-47(34-46)60(3,4)5)51-19-18-20-56-57(51)66-59(52-37-50(63(12,13)14)38-53(58(52)68)64(15,16)17)67(56)55-26-25-42(29-40(55)2)44-31-48(61(6,7)8)36-49(32-44)62(9,10)11/h18-38,68H,1-17H3/i1D3,2D3,21D,22D,23D,24D. The van der Waals surface area contributed by atoms with Gasteiger partial charge in [-0.05, 0) is 145 Å². The first-order chi connectivity index (χ1) is 35.7. The molecule has 0 spiro atoms. The summed E-state index contributed by atoms with van der Waals surface area (Å²) in [7, 11) is 0. The summed E-state index contributed by atoms with van der Waals surface area (Å²) in [5.41, 5.74) is 9.42. The van der Waals surface area contributed by atoms with E-state index in [1.807, 2.05) is 53.1 Å². The zero-order valence-electron chi connectivity index (χ0n) is 52.6. The summed E-state index contributed by atoms with van der Waals surface area (Å²) in [5.74, 6) is 0.410. The molecule has 4 nitrogen and oxygen atoms in total. The molecule has 8 rings (SSSR count). The molecular formula is C64H73N3O. The number of para-hydroxylation sites is 1. The summed E-state index contributed by atoms with van der Waals surface area (Å²) in [6.45, 7) is 26.5. The Morgan fingerprint density at radius 1 is 0.500 bits per heavy atom. The summed E-state index contributed by atoms with van der Waals surface area (Å²) in [4.78, 5) is 10.3. The van der Waals surface area contributed by atoms with E-state index < -0.39 is 54.3 Å². The first-order valence-corrected chi connectivity index (χ1v) is 23.6. The van der Waals surface area contributed by atoms with E-state index in [9.17, 15) is 9.22 Å². The van der Waals surface area contributed by atoms with Crippen molar-refractivity contribution in [2.75, 3.05) is 0 Å². The van der Waals surface area contributed by atoms with Gasteiger partial charge < -0.3 is 5.11 Å². The molecule has 0 unspecified atom stereocenters. The minimum Gasteiger partial charge on any atom is -0.507 e. The van der Waals surface area contributed by atoms with E-state index in [-0.39, 0.29) is 33.1 Å². The molecule has 4 heteroatoms. The first-order valence-electron chi connectivity index (χ1n) is 28.6. The van der Waals surface area contributed by atoms with Gasteiger partial charge in [0, 0.05) is 31.1 Å². The molecule has 2 heterocycles. The molecule has 6 aromatic carbocycles. The summed E-state index contributed by atoms with van der Waals surface area (Å²) in [5, 5.41) is 12.6. The Balaban J connectivity index is 1.44. The molecule has 8 aromatic rings. The number of rotatable bonds is 6. The molecule has 0 radical (unpaired) electrons. The lowest BCUT2D eigenvalue weighted by Gasteiger charge is -2.27. The molecule has 0 aliphatic rings. The minimum absolute atomic E-state index is 0.0392. The zero-order chi connectivity index (χ0) is 57.9. The number of phenolic OH excluding ortho intramolecular Hbond substituents is 1. The second-order valence-corrected chi connectivity index (χ2v) is 23.6. The summed E-state index contributed by atoms with van der Waals surface area (Å²) in [6.07, 6.45) is 1.54. The lowest BCUT2D eigenvalue weighted by Crippen LogP contribution is -2.17. The molecule has 2 aromatic heterocycles. The Bertz CT molecular complexity index is 3620. The van der Waals surface area contributed by atoms with Gasteiger partial charge in [-0.2, -0.15) is 0 Å². The average molecular weight is 910 g/mol. The predicted octanol–water partition coefficient (Wildman–Crippen LogP) is 17.6. The van der Waals surface area contributed by atoms with E-state index in [0.717, 1.165) is 50.1 Å². The number of imidazole rings is 1. The molecule has 0 atom stereocenters. The molecule has 350 valence electrons. The van der Waals surface area contributed by atoms with Crippen molar-refractivity contribution in [1.29, 1.82) is 0 Å². The molecule has 0 saturated carbocycles. The average Bonchev–Trinajstić information content (AvgIpc) is 3.79. The molecule has 0 aliphatic carbocycles. The topological polar surface area (TPSA) is 50.9 Å². The van der Waals surface area contributed by atoms with E-state index in [4.69, 9.17) is 19.6 Å². The van der Waals surface area contributed by atoms with Crippen LogP contribution in [0.1, 0.15) is 157 Å². The van der Waals surface area contributed by atoms with Gasteiger partial charge in [0.2, 0.25) is 0 Å². The third-order valence-corrected chi connectivity index (χ3v) is 13.0. The normalized spacial score (nSPS) is 15.3. The van der Waals surface area contributed by atoms with Gasteiger partial charge in [-0.25, -0.2) is 4.98 Å². The monoisotopic (exact) mass is 910 g/mol. The second-order valence-electron chi connectivity index (χ2n) is 23.6. The fourth-order valence-electron chi connectivity index (χ4n) is 8.70. The molecule has 0 saturated heterocycles. The number of benzene rings is 6. The Hall–Kier alpha value is -6.26. The first kappa shape index (κ1) is 36.7. The third-order valence-electron chi connectivity index (χ3n) is 13.0. The van der Waals surface area contributed by atoms with Crippen molar-refractivity contribution < 1.29 is 18.8 Å². The fourth-order valence-corrected chi connectivity index (χ4v) is 8.70. The van der Waals surface area contributed by atoms with Crippen LogP contribution in [-0.4, -0.2) is 19.6 Å². The summed E-state index contributed by atoms with van der Waals surface area (Å²) in [6, 6.07) is 29.3. The van der Waals surface area contributed by atoms with Crippen LogP contribution < -0.4 is 0 Å². The van der Waals surface area contributed by atoms with Gasteiger partial charge in [-0.1, -0.05) is 182 Å². The number of hydrogen-bond donors (Lipinski definition) is 1. The molecular weight excluding hydrogens is 827 g/mol. The van der Waals surface area contributed by atoms with Crippen LogP contribution in [0.5, 0.6) is 5.75 Å². The number of phenols is 1. The smallest absolute Gasteiger partial charge is 0.149 e. The number of aromatic nitrogens is 3. The highest BCUT2D eigenvalue weighted by molar-refractivity contribution is 5.97.